The Morgan fingerprint density at radius 3 is 2.38 bits per heavy atom. The lowest BCUT2D eigenvalue weighted by Gasteiger charge is -2.18. The van der Waals surface area contributed by atoms with Crippen molar-refractivity contribution in [3.8, 4) is 0 Å². The topological polar surface area (TPSA) is 24.9 Å². The third-order valence-electron chi connectivity index (χ3n) is 3.26. The minimum Gasteiger partial charge on any atom is -0.310 e. The Kier molecular flexibility index (Phi) is 4.96. The first-order chi connectivity index (χ1) is 10.0. The number of alkyl halides is 3. The van der Waals surface area contributed by atoms with Crippen LogP contribution in [-0.2, 0) is 12.6 Å². The fourth-order valence-corrected chi connectivity index (χ4v) is 2.20. The molecule has 1 atom stereocenters. The quantitative estimate of drug-likeness (QED) is 0.901. The molecule has 1 unspecified atom stereocenters. The molecule has 0 bridgehead atoms. The van der Waals surface area contributed by atoms with E-state index in [2.05, 4.69) is 10.3 Å². The van der Waals surface area contributed by atoms with Crippen LogP contribution in [0.1, 0.15) is 29.7 Å². The van der Waals surface area contributed by atoms with Gasteiger partial charge in [0.2, 0.25) is 0 Å². The van der Waals surface area contributed by atoms with Crippen LogP contribution in [0.25, 0.3) is 0 Å². The van der Waals surface area contributed by atoms with Crippen LogP contribution in [-0.4, -0.2) is 11.5 Å². The molecule has 21 heavy (non-hydrogen) atoms. The maximum atomic E-state index is 12.5. The normalized spacial score (nSPS) is 13.1. The second-order valence-corrected chi connectivity index (χ2v) is 4.80. The van der Waals surface area contributed by atoms with Crippen LogP contribution in [0.4, 0.5) is 13.2 Å². The molecular weight excluding hydrogens is 277 g/mol. The predicted molar refractivity (Wildman–Crippen MR) is 75.8 cm³/mol. The van der Waals surface area contributed by atoms with E-state index < -0.39 is 11.7 Å². The van der Waals surface area contributed by atoms with Crippen LogP contribution in [0, 0.1) is 0 Å². The first-order valence-corrected chi connectivity index (χ1v) is 6.80. The summed E-state index contributed by atoms with van der Waals surface area (Å²) in [6.45, 7) is 2.77. The van der Waals surface area contributed by atoms with E-state index in [4.69, 9.17) is 0 Å². The van der Waals surface area contributed by atoms with Crippen LogP contribution in [0.5, 0.6) is 0 Å². The molecule has 0 saturated carbocycles. The Morgan fingerprint density at radius 2 is 1.86 bits per heavy atom. The molecule has 2 rings (SSSR count). The fraction of sp³-hybridized carbons (Fsp3) is 0.312. The highest BCUT2D eigenvalue weighted by Crippen LogP contribution is 2.29. The average molecular weight is 294 g/mol. The van der Waals surface area contributed by atoms with Gasteiger partial charge in [-0.1, -0.05) is 25.1 Å². The SMILES string of the molecule is CCNC(Cc1ccc(C(F)(F)F)cc1)c1cccnc1. The van der Waals surface area contributed by atoms with Crippen molar-refractivity contribution >= 4 is 0 Å². The summed E-state index contributed by atoms with van der Waals surface area (Å²) in [4.78, 5) is 4.09. The molecule has 0 saturated heterocycles. The fourth-order valence-electron chi connectivity index (χ4n) is 2.20. The van der Waals surface area contributed by atoms with Gasteiger partial charge in [-0.3, -0.25) is 4.98 Å². The van der Waals surface area contributed by atoms with Crippen molar-refractivity contribution in [1.82, 2.24) is 10.3 Å². The number of likely N-dealkylation sites (N-methyl/N-ethyl adjacent to an activating group) is 1. The number of halogens is 3. The van der Waals surface area contributed by atoms with Crippen molar-refractivity contribution < 1.29 is 13.2 Å². The number of hydrogen-bond donors (Lipinski definition) is 1. The van der Waals surface area contributed by atoms with Gasteiger partial charge in [0, 0.05) is 18.4 Å². The van der Waals surface area contributed by atoms with Crippen molar-refractivity contribution in [2.24, 2.45) is 0 Å². The Hall–Kier alpha value is -1.88. The summed E-state index contributed by atoms with van der Waals surface area (Å²) in [7, 11) is 0. The lowest BCUT2D eigenvalue weighted by Crippen LogP contribution is -2.23. The van der Waals surface area contributed by atoms with Gasteiger partial charge in [0.15, 0.2) is 0 Å². The third kappa shape index (κ3) is 4.29. The van der Waals surface area contributed by atoms with Crippen molar-refractivity contribution in [3.63, 3.8) is 0 Å². The molecular formula is C16H17F3N2. The van der Waals surface area contributed by atoms with Crippen LogP contribution >= 0.6 is 0 Å². The first-order valence-electron chi connectivity index (χ1n) is 6.80. The van der Waals surface area contributed by atoms with E-state index in [-0.39, 0.29) is 6.04 Å². The molecule has 0 radical (unpaired) electrons. The van der Waals surface area contributed by atoms with Gasteiger partial charge in [0.05, 0.1) is 5.56 Å². The largest absolute Gasteiger partial charge is 0.416 e. The minimum absolute atomic E-state index is 0.0421. The molecule has 0 fully saturated rings. The molecule has 0 aliphatic carbocycles. The zero-order valence-corrected chi connectivity index (χ0v) is 11.7. The van der Waals surface area contributed by atoms with E-state index in [1.165, 1.54) is 12.1 Å². The van der Waals surface area contributed by atoms with Gasteiger partial charge in [0.1, 0.15) is 0 Å². The highest BCUT2D eigenvalue weighted by Gasteiger charge is 2.30. The zero-order valence-electron chi connectivity index (χ0n) is 11.7. The molecule has 2 aromatic rings. The van der Waals surface area contributed by atoms with E-state index in [0.717, 1.165) is 29.8 Å². The van der Waals surface area contributed by atoms with Gasteiger partial charge >= 0.3 is 6.18 Å². The van der Waals surface area contributed by atoms with Crippen molar-refractivity contribution in [3.05, 3.63) is 65.5 Å². The van der Waals surface area contributed by atoms with E-state index in [1.807, 2.05) is 19.1 Å². The number of rotatable bonds is 5. The lowest BCUT2D eigenvalue weighted by molar-refractivity contribution is -0.137. The summed E-state index contributed by atoms with van der Waals surface area (Å²) >= 11 is 0. The van der Waals surface area contributed by atoms with Crippen LogP contribution in [0.15, 0.2) is 48.8 Å². The molecule has 1 heterocycles. The number of nitrogens with zero attached hydrogens (tertiary/aromatic N) is 1. The molecule has 2 nitrogen and oxygen atoms in total. The lowest BCUT2D eigenvalue weighted by atomic mass is 9.99. The second-order valence-electron chi connectivity index (χ2n) is 4.80. The summed E-state index contributed by atoms with van der Waals surface area (Å²) in [5.74, 6) is 0. The number of hydrogen-bond acceptors (Lipinski definition) is 2. The van der Waals surface area contributed by atoms with Gasteiger partial charge in [-0.2, -0.15) is 13.2 Å². The Bertz CT molecular complexity index is 550. The molecule has 0 spiro atoms. The summed E-state index contributed by atoms with van der Waals surface area (Å²) in [5.41, 5.74) is 1.27. The maximum absolute atomic E-state index is 12.5. The first kappa shape index (κ1) is 15.5. The van der Waals surface area contributed by atoms with Crippen LogP contribution < -0.4 is 5.32 Å². The van der Waals surface area contributed by atoms with Gasteiger partial charge in [0.25, 0.3) is 0 Å². The Labute approximate surface area is 122 Å². The predicted octanol–water partition coefficient (Wildman–Crippen LogP) is 3.99. The highest BCUT2D eigenvalue weighted by atomic mass is 19.4. The Morgan fingerprint density at radius 1 is 1.14 bits per heavy atom. The molecule has 0 amide bonds. The highest BCUT2D eigenvalue weighted by molar-refractivity contribution is 5.27. The zero-order chi connectivity index (χ0) is 15.3. The monoisotopic (exact) mass is 294 g/mol. The molecule has 0 aliphatic heterocycles. The van der Waals surface area contributed by atoms with Gasteiger partial charge in [-0.05, 0) is 42.3 Å². The molecule has 5 heteroatoms. The van der Waals surface area contributed by atoms with Crippen molar-refractivity contribution in [2.75, 3.05) is 6.54 Å². The van der Waals surface area contributed by atoms with E-state index in [1.54, 1.807) is 12.4 Å². The van der Waals surface area contributed by atoms with Gasteiger partial charge < -0.3 is 5.32 Å². The molecule has 1 N–H and O–H groups in total. The third-order valence-corrected chi connectivity index (χ3v) is 3.26. The Balaban J connectivity index is 2.14. The van der Waals surface area contributed by atoms with Crippen LogP contribution in [0.2, 0.25) is 0 Å². The van der Waals surface area contributed by atoms with E-state index in [9.17, 15) is 13.2 Å². The van der Waals surface area contributed by atoms with Gasteiger partial charge in [-0.15, -0.1) is 0 Å². The van der Waals surface area contributed by atoms with E-state index >= 15 is 0 Å². The average Bonchev–Trinajstić information content (AvgIpc) is 2.47. The summed E-state index contributed by atoms with van der Waals surface area (Å²) in [6, 6.07) is 9.17. The smallest absolute Gasteiger partial charge is 0.310 e. The summed E-state index contributed by atoms with van der Waals surface area (Å²) in [5, 5.41) is 3.33. The number of benzene rings is 1. The van der Waals surface area contributed by atoms with Crippen molar-refractivity contribution in [1.29, 1.82) is 0 Å². The number of pyridine rings is 1. The van der Waals surface area contributed by atoms with Gasteiger partial charge in [-0.25, -0.2) is 0 Å². The standard InChI is InChI=1S/C16H17F3N2/c1-2-21-15(13-4-3-9-20-11-13)10-12-5-7-14(8-6-12)16(17,18)19/h3-9,11,15,21H,2,10H2,1H3. The molecule has 1 aromatic carbocycles. The second kappa shape index (κ2) is 6.72. The molecule has 112 valence electrons. The molecule has 0 aliphatic rings. The van der Waals surface area contributed by atoms with E-state index in [0.29, 0.717) is 6.42 Å². The summed E-state index contributed by atoms with van der Waals surface area (Å²) in [6.07, 6.45) is -0.192. The molecule has 1 aromatic heterocycles. The number of aromatic nitrogens is 1. The maximum Gasteiger partial charge on any atom is 0.416 e. The number of nitrogens with one attached hydrogen (secondary N) is 1. The minimum atomic E-state index is -4.29. The van der Waals surface area contributed by atoms with Crippen molar-refractivity contribution in [2.45, 2.75) is 25.6 Å². The summed E-state index contributed by atoms with van der Waals surface area (Å²) < 4.78 is 37.6. The van der Waals surface area contributed by atoms with Crippen LogP contribution in [0.3, 0.4) is 0 Å².